The number of rotatable bonds is 4. The van der Waals surface area contributed by atoms with Gasteiger partial charge in [0.25, 0.3) is 10.0 Å². The molecule has 0 amide bonds. The summed E-state index contributed by atoms with van der Waals surface area (Å²) in [6.07, 6.45) is 0. The first-order valence-corrected chi connectivity index (χ1v) is 8.17. The van der Waals surface area contributed by atoms with Crippen LogP contribution in [0.15, 0.2) is 47.4 Å². The Labute approximate surface area is 132 Å². The lowest BCUT2D eigenvalue weighted by atomic mass is 10.3. The predicted molar refractivity (Wildman–Crippen MR) is 84.9 cm³/mol. The van der Waals surface area contributed by atoms with Crippen LogP contribution in [0.4, 0.5) is 5.95 Å². The smallest absolute Gasteiger partial charge is 0.267 e. The molecule has 1 heterocycles. The van der Waals surface area contributed by atoms with E-state index in [-0.39, 0.29) is 16.6 Å². The standard InChI is InChI=1S/C14H12ClN3O3S/c1-21-12-7-6-9(15)8-13(12)22(19,20)18-14-16-10-4-2-3-5-11(10)17-14/h2-8H,1H3,(H2,16,17,18). The van der Waals surface area contributed by atoms with Crippen molar-refractivity contribution in [3.63, 3.8) is 0 Å². The number of nitrogens with zero attached hydrogens (tertiary/aromatic N) is 1. The second-order valence-electron chi connectivity index (χ2n) is 4.50. The number of aromatic nitrogens is 2. The lowest BCUT2D eigenvalue weighted by molar-refractivity contribution is 0.403. The van der Waals surface area contributed by atoms with Gasteiger partial charge >= 0.3 is 0 Å². The van der Waals surface area contributed by atoms with E-state index in [1.54, 1.807) is 18.2 Å². The minimum atomic E-state index is -3.88. The summed E-state index contributed by atoms with van der Waals surface area (Å²) < 4.78 is 32.5. The largest absolute Gasteiger partial charge is 0.495 e. The molecule has 2 N–H and O–H groups in total. The van der Waals surface area contributed by atoms with Crippen molar-refractivity contribution in [3.8, 4) is 5.75 Å². The van der Waals surface area contributed by atoms with Crippen molar-refractivity contribution in [2.45, 2.75) is 4.90 Å². The summed E-state index contributed by atoms with van der Waals surface area (Å²) in [4.78, 5) is 7.03. The molecule has 0 spiro atoms. The number of ether oxygens (including phenoxy) is 1. The molecule has 8 heteroatoms. The number of imidazole rings is 1. The molecule has 3 rings (SSSR count). The Morgan fingerprint density at radius 2 is 2.00 bits per heavy atom. The molecule has 0 aliphatic heterocycles. The van der Waals surface area contributed by atoms with Crippen molar-refractivity contribution >= 4 is 38.6 Å². The van der Waals surface area contributed by atoms with Crippen molar-refractivity contribution in [1.82, 2.24) is 9.97 Å². The van der Waals surface area contributed by atoms with Crippen molar-refractivity contribution in [3.05, 3.63) is 47.5 Å². The summed E-state index contributed by atoms with van der Waals surface area (Å²) in [5, 5.41) is 0.297. The Kier molecular flexibility index (Phi) is 3.67. The molecule has 0 fully saturated rings. The molecule has 0 radical (unpaired) electrons. The Morgan fingerprint density at radius 3 is 2.73 bits per heavy atom. The van der Waals surface area contributed by atoms with Crippen LogP contribution in [0.25, 0.3) is 11.0 Å². The summed E-state index contributed by atoms with van der Waals surface area (Å²) in [5.74, 6) is 0.330. The summed E-state index contributed by atoms with van der Waals surface area (Å²) in [5.41, 5.74) is 1.40. The van der Waals surface area contributed by atoms with Gasteiger partial charge < -0.3 is 9.72 Å². The summed E-state index contributed by atoms with van der Waals surface area (Å²) in [7, 11) is -2.49. The zero-order chi connectivity index (χ0) is 15.7. The van der Waals surface area contributed by atoms with Crippen LogP contribution in [-0.4, -0.2) is 25.5 Å². The maximum atomic E-state index is 12.5. The lowest BCUT2D eigenvalue weighted by Crippen LogP contribution is -2.15. The predicted octanol–water partition coefficient (Wildman–Crippen LogP) is 3.03. The van der Waals surface area contributed by atoms with Crippen LogP contribution >= 0.6 is 11.6 Å². The number of anilines is 1. The molecular formula is C14H12ClN3O3S. The number of hydrogen-bond acceptors (Lipinski definition) is 4. The molecule has 6 nitrogen and oxygen atoms in total. The van der Waals surface area contributed by atoms with E-state index in [1.807, 2.05) is 12.1 Å². The maximum Gasteiger partial charge on any atom is 0.267 e. The molecule has 0 saturated carbocycles. The van der Waals surface area contributed by atoms with E-state index < -0.39 is 10.0 Å². The SMILES string of the molecule is COc1ccc(Cl)cc1S(=O)(=O)Nc1nc2ccccc2[nH]1. The van der Waals surface area contributed by atoms with Gasteiger partial charge in [0.15, 0.2) is 0 Å². The van der Waals surface area contributed by atoms with E-state index in [1.165, 1.54) is 19.2 Å². The van der Waals surface area contributed by atoms with Gasteiger partial charge in [-0.2, -0.15) is 0 Å². The van der Waals surface area contributed by atoms with Gasteiger partial charge in [0.05, 0.1) is 18.1 Å². The molecule has 0 atom stereocenters. The van der Waals surface area contributed by atoms with E-state index in [2.05, 4.69) is 14.7 Å². The highest BCUT2D eigenvalue weighted by Crippen LogP contribution is 2.28. The average Bonchev–Trinajstić information content (AvgIpc) is 2.88. The van der Waals surface area contributed by atoms with Crippen molar-refractivity contribution < 1.29 is 13.2 Å². The number of methoxy groups -OCH3 is 1. The van der Waals surface area contributed by atoms with Crippen molar-refractivity contribution in [2.24, 2.45) is 0 Å². The first-order valence-electron chi connectivity index (χ1n) is 6.31. The molecular weight excluding hydrogens is 326 g/mol. The normalized spacial score (nSPS) is 11.5. The number of halogens is 1. The van der Waals surface area contributed by atoms with Crippen LogP contribution < -0.4 is 9.46 Å². The van der Waals surface area contributed by atoms with Gasteiger partial charge in [-0.25, -0.2) is 18.1 Å². The Bertz CT molecular complexity index is 904. The highest BCUT2D eigenvalue weighted by molar-refractivity contribution is 7.92. The molecule has 114 valence electrons. The van der Waals surface area contributed by atoms with Crippen LogP contribution in [-0.2, 0) is 10.0 Å². The molecule has 0 aliphatic carbocycles. The second-order valence-corrected chi connectivity index (χ2v) is 6.59. The molecule has 0 unspecified atom stereocenters. The Balaban J connectivity index is 2.01. The van der Waals surface area contributed by atoms with E-state index >= 15 is 0 Å². The third kappa shape index (κ3) is 2.72. The van der Waals surface area contributed by atoms with E-state index in [0.29, 0.717) is 10.5 Å². The molecule has 1 aromatic heterocycles. The fraction of sp³-hybridized carbons (Fsp3) is 0.0714. The van der Waals surface area contributed by atoms with Gasteiger partial charge in [-0.3, -0.25) is 0 Å². The van der Waals surface area contributed by atoms with E-state index in [0.717, 1.165) is 5.52 Å². The van der Waals surface area contributed by atoms with E-state index in [4.69, 9.17) is 16.3 Å². The quantitative estimate of drug-likeness (QED) is 0.766. The minimum absolute atomic E-state index is 0.0528. The molecule has 0 aliphatic rings. The van der Waals surface area contributed by atoms with E-state index in [9.17, 15) is 8.42 Å². The third-order valence-electron chi connectivity index (χ3n) is 3.04. The zero-order valence-electron chi connectivity index (χ0n) is 11.5. The molecule has 22 heavy (non-hydrogen) atoms. The topological polar surface area (TPSA) is 84.1 Å². The molecule has 0 saturated heterocycles. The highest BCUT2D eigenvalue weighted by Gasteiger charge is 2.21. The van der Waals surface area contributed by atoms with Crippen molar-refractivity contribution in [2.75, 3.05) is 11.8 Å². The summed E-state index contributed by atoms with van der Waals surface area (Å²) in [6.45, 7) is 0. The third-order valence-corrected chi connectivity index (χ3v) is 4.63. The lowest BCUT2D eigenvalue weighted by Gasteiger charge is -2.10. The second kappa shape index (κ2) is 5.51. The van der Waals surface area contributed by atoms with Gasteiger partial charge in [0.1, 0.15) is 10.6 Å². The number of nitrogens with one attached hydrogen (secondary N) is 2. The number of fused-ring (bicyclic) bond motifs is 1. The van der Waals surface area contributed by atoms with Crippen molar-refractivity contribution in [1.29, 1.82) is 0 Å². The van der Waals surface area contributed by atoms with Crippen LogP contribution in [0.5, 0.6) is 5.75 Å². The highest BCUT2D eigenvalue weighted by atomic mass is 35.5. The van der Waals surface area contributed by atoms with Gasteiger partial charge in [0, 0.05) is 5.02 Å². The zero-order valence-corrected chi connectivity index (χ0v) is 13.1. The fourth-order valence-corrected chi connectivity index (χ4v) is 3.44. The minimum Gasteiger partial charge on any atom is -0.495 e. The number of aromatic amines is 1. The number of hydrogen-bond donors (Lipinski definition) is 2. The molecule has 2 aromatic carbocycles. The monoisotopic (exact) mass is 337 g/mol. The van der Waals surface area contributed by atoms with Gasteiger partial charge in [-0.15, -0.1) is 0 Å². The average molecular weight is 338 g/mol. The summed E-state index contributed by atoms with van der Waals surface area (Å²) in [6, 6.07) is 11.6. The van der Waals surface area contributed by atoms with Gasteiger partial charge in [-0.1, -0.05) is 23.7 Å². The van der Waals surface area contributed by atoms with Crippen LogP contribution in [0, 0.1) is 0 Å². The van der Waals surface area contributed by atoms with Crippen LogP contribution in [0.3, 0.4) is 0 Å². The van der Waals surface area contributed by atoms with Crippen LogP contribution in [0.2, 0.25) is 5.02 Å². The maximum absolute atomic E-state index is 12.5. The van der Waals surface area contributed by atoms with Crippen LogP contribution in [0.1, 0.15) is 0 Å². The number of sulfonamides is 1. The first kappa shape index (κ1) is 14.7. The Morgan fingerprint density at radius 1 is 1.23 bits per heavy atom. The fourth-order valence-electron chi connectivity index (χ4n) is 2.04. The van der Waals surface area contributed by atoms with Gasteiger partial charge in [0.2, 0.25) is 5.95 Å². The number of benzene rings is 2. The molecule has 3 aromatic rings. The van der Waals surface area contributed by atoms with Gasteiger partial charge in [-0.05, 0) is 30.3 Å². The molecule has 0 bridgehead atoms. The Hall–Kier alpha value is -2.25. The first-order chi connectivity index (χ1) is 10.5. The summed E-state index contributed by atoms with van der Waals surface area (Å²) >= 11 is 5.88. The number of para-hydroxylation sites is 2. The number of H-pyrrole nitrogens is 1.